The Labute approximate surface area is 174 Å². The van der Waals surface area contributed by atoms with Gasteiger partial charge in [0.05, 0.1) is 6.04 Å². The third kappa shape index (κ3) is 4.81. The minimum absolute atomic E-state index is 0.290. The van der Waals surface area contributed by atoms with Crippen LogP contribution in [0.1, 0.15) is 19.8 Å². The highest BCUT2D eigenvalue weighted by atomic mass is 35.5. The molecule has 3 rings (SSSR count). The summed E-state index contributed by atoms with van der Waals surface area (Å²) in [6.45, 7) is 2.05. The molecule has 28 heavy (non-hydrogen) atoms. The molecular weight excluding hydrogens is 422 g/mol. The zero-order valence-corrected chi connectivity index (χ0v) is 17.7. The van der Waals surface area contributed by atoms with Gasteiger partial charge in [-0.3, -0.25) is 4.79 Å². The van der Waals surface area contributed by atoms with E-state index in [1.807, 2.05) is 0 Å². The van der Waals surface area contributed by atoms with Gasteiger partial charge < -0.3 is 19.7 Å². The van der Waals surface area contributed by atoms with E-state index in [4.69, 9.17) is 38.0 Å². The van der Waals surface area contributed by atoms with Crippen molar-refractivity contribution in [2.45, 2.75) is 31.6 Å². The van der Waals surface area contributed by atoms with Crippen LogP contribution >= 0.6 is 30.8 Å². The van der Waals surface area contributed by atoms with Crippen LogP contribution in [0, 0.1) is 0 Å². The molecule has 0 spiro atoms. The Morgan fingerprint density at radius 2 is 1.54 bits per heavy atom. The maximum atomic E-state index is 13.9. The Kier molecular flexibility index (Phi) is 6.56. The van der Waals surface area contributed by atoms with Crippen molar-refractivity contribution < 1.29 is 18.4 Å². The molecule has 0 aromatic heterocycles. The number of benzene rings is 2. The number of halogens is 2. The summed E-state index contributed by atoms with van der Waals surface area (Å²) in [5.74, 6) is -0.358. The van der Waals surface area contributed by atoms with Crippen LogP contribution in [0.3, 0.4) is 0 Å². The van der Waals surface area contributed by atoms with E-state index >= 15 is 0 Å². The third-order valence-electron chi connectivity index (χ3n) is 4.35. The molecule has 2 atom stereocenters. The molecule has 2 aromatic carbocycles. The summed E-state index contributed by atoms with van der Waals surface area (Å²) in [6.07, 6.45) is 1.16. The van der Waals surface area contributed by atoms with Gasteiger partial charge in [0.2, 0.25) is 5.91 Å². The second-order valence-electron chi connectivity index (χ2n) is 6.57. The fraction of sp³-hybridized carbons (Fsp3) is 0.316. The van der Waals surface area contributed by atoms with Gasteiger partial charge in [-0.05, 0) is 68.3 Å². The van der Waals surface area contributed by atoms with Gasteiger partial charge >= 0.3 is 7.60 Å². The largest absolute Gasteiger partial charge is 0.453 e. The Bertz CT molecular complexity index is 823. The van der Waals surface area contributed by atoms with E-state index in [9.17, 15) is 9.36 Å². The summed E-state index contributed by atoms with van der Waals surface area (Å²) in [5, 5.41) is 1.05. The number of hydrogen-bond acceptors (Lipinski definition) is 5. The van der Waals surface area contributed by atoms with Gasteiger partial charge in [-0.25, -0.2) is 4.57 Å². The van der Waals surface area contributed by atoms with Crippen molar-refractivity contribution in [3.05, 3.63) is 58.6 Å². The molecule has 1 aliphatic rings. The molecule has 9 heteroatoms. The number of carbonyl (C=O) groups excluding carboxylic acids is 1. The van der Waals surface area contributed by atoms with Crippen molar-refractivity contribution in [2.75, 3.05) is 6.54 Å². The Hall–Kier alpha value is -1.72. The molecule has 2 N–H and O–H groups in total. The average molecular weight is 443 g/mol. The summed E-state index contributed by atoms with van der Waals surface area (Å²) in [7, 11) is -3.83. The van der Waals surface area contributed by atoms with Crippen molar-refractivity contribution >= 4 is 36.7 Å². The van der Waals surface area contributed by atoms with E-state index < -0.39 is 19.4 Å². The monoisotopic (exact) mass is 442 g/mol. The highest BCUT2D eigenvalue weighted by Gasteiger charge is 2.48. The van der Waals surface area contributed by atoms with Gasteiger partial charge in [0.25, 0.3) is 0 Å². The minimum atomic E-state index is -3.83. The number of hydrogen-bond donors (Lipinski definition) is 1. The first-order valence-electron chi connectivity index (χ1n) is 8.84. The summed E-state index contributed by atoms with van der Waals surface area (Å²) in [6, 6.07) is 12.2. The zero-order valence-electron chi connectivity index (χ0n) is 15.3. The average Bonchev–Trinajstić information content (AvgIpc) is 3.15. The van der Waals surface area contributed by atoms with Crippen LogP contribution in [0.25, 0.3) is 0 Å². The molecule has 2 aromatic rings. The smallest absolute Gasteiger partial charge is 0.415 e. The molecule has 0 unspecified atom stereocenters. The first-order valence-corrected chi connectivity index (χ1v) is 11.2. The van der Waals surface area contributed by atoms with Crippen molar-refractivity contribution in [3.63, 3.8) is 0 Å². The van der Waals surface area contributed by atoms with E-state index in [1.54, 1.807) is 55.5 Å². The first-order chi connectivity index (χ1) is 13.3. The van der Waals surface area contributed by atoms with Crippen LogP contribution in [0.2, 0.25) is 10.0 Å². The van der Waals surface area contributed by atoms with Gasteiger partial charge in [-0.2, -0.15) is 0 Å². The zero-order chi connectivity index (χ0) is 20.3. The van der Waals surface area contributed by atoms with Crippen molar-refractivity contribution in [3.8, 4) is 11.5 Å². The number of amides is 1. The molecule has 1 amide bonds. The maximum absolute atomic E-state index is 13.9. The normalized spacial score (nSPS) is 18.0. The van der Waals surface area contributed by atoms with Crippen LogP contribution in [0.15, 0.2) is 48.5 Å². The second kappa shape index (κ2) is 8.75. The lowest BCUT2D eigenvalue weighted by molar-refractivity contribution is -0.132. The highest BCUT2D eigenvalue weighted by molar-refractivity contribution is 7.55. The fourth-order valence-electron chi connectivity index (χ4n) is 3.02. The Balaban J connectivity index is 1.95. The number of carbonyl (C=O) groups is 1. The first kappa shape index (κ1) is 21.0. The van der Waals surface area contributed by atoms with E-state index in [2.05, 4.69) is 0 Å². The molecule has 150 valence electrons. The molecule has 1 fully saturated rings. The molecule has 0 radical (unpaired) electrons. The summed E-state index contributed by atoms with van der Waals surface area (Å²) < 4.78 is 25.6. The molecule has 6 nitrogen and oxygen atoms in total. The third-order valence-corrected chi connectivity index (χ3v) is 7.05. The molecular formula is C19H21Cl2N2O4P. The predicted molar refractivity (Wildman–Crippen MR) is 110 cm³/mol. The molecule has 0 bridgehead atoms. The number of likely N-dealkylation sites (tertiary alicyclic amines) is 1. The fourth-order valence-corrected chi connectivity index (χ4v) is 5.45. The summed E-state index contributed by atoms with van der Waals surface area (Å²) in [4.78, 5) is 14.0. The molecule has 1 saturated heterocycles. The standard InChI is InChI=1S/C19H21Cl2N2O4P/c1-13(22)19(24)23-12-2-3-18(23)28(25,26-16-8-4-14(20)5-9-16)27-17-10-6-15(21)7-11-17/h4-11,13,18H,2-3,12,22H2,1H3/t13-,18+/m0/s1. The quantitative estimate of drug-likeness (QED) is 0.640. The summed E-state index contributed by atoms with van der Waals surface area (Å²) in [5.41, 5.74) is 5.77. The van der Waals surface area contributed by atoms with E-state index in [0.717, 1.165) is 0 Å². The minimum Gasteiger partial charge on any atom is -0.415 e. The predicted octanol–water partition coefficient (Wildman–Crippen LogP) is 4.94. The number of nitrogens with zero attached hydrogens (tertiary/aromatic N) is 1. The van der Waals surface area contributed by atoms with Crippen LogP contribution in [-0.4, -0.2) is 29.2 Å². The highest BCUT2D eigenvalue weighted by Crippen LogP contribution is 2.57. The van der Waals surface area contributed by atoms with Crippen molar-refractivity contribution in [1.82, 2.24) is 4.90 Å². The van der Waals surface area contributed by atoms with E-state index in [-0.39, 0.29) is 5.91 Å². The van der Waals surface area contributed by atoms with Gasteiger partial charge in [0, 0.05) is 16.6 Å². The van der Waals surface area contributed by atoms with Gasteiger partial charge in [-0.15, -0.1) is 0 Å². The molecule has 1 heterocycles. The van der Waals surface area contributed by atoms with E-state index in [1.165, 1.54) is 4.90 Å². The lowest BCUT2D eigenvalue weighted by atomic mass is 10.3. The molecule has 0 saturated carbocycles. The second-order valence-corrected chi connectivity index (χ2v) is 9.49. The van der Waals surface area contributed by atoms with E-state index in [0.29, 0.717) is 40.9 Å². The van der Waals surface area contributed by atoms with Crippen LogP contribution in [-0.2, 0) is 9.36 Å². The lowest BCUT2D eigenvalue weighted by Gasteiger charge is -2.31. The van der Waals surface area contributed by atoms with Gasteiger partial charge in [0.1, 0.15) is 11.5 Å². The van der Waals surface area contributed by atoms with Crippen molar-refractivity contribution in [2.24, 2.45) is 5.73 Å². The van der Waals surface area contributed by atoms with Crippen LogP contribution in [0.4, 0.5) is 0 Å². The SMILES string of the molecule is C[C@H](N)C(=O)N1CCC[C@H]1P(=O)(Oc1ccc(Cl)cc1)Oc1ccc(Cl)cc1. The van der Waals surface area contributed by atoms with Crippen molar-refractivity contribution in [1.29, 1.82) is 0 Å². The lowest BCUT2D eigenvalue weighted by Crippen LogP contribution is -2.45. The van der Waals surface area contributed by atoms with Gasteiger partial charge in [0.15, 0.2) is 5.78 Å². The van der Waals surface area contributed by atoms with Crippen LogP contribution < -0.4 is 14.8 Å². The molecule has 0 aliphatic carbocycles. The van der Waals surface area contributed by atoms with Gasteiger partial charge in [-0.1, -0.05) is 23.2 Å². The topological polar surface area (TPSA) is 81.9 Å². The Morgan fingerprint density at radius 3 is 1.96 bits per heavy atom. The Morgan fingerprint density at radius 1 is 1.07 bits per heavy atom. The van der Waals surface area contributed by atoms with Crippen LogP contribution in [0.5, 0.6) is 11.5 Å². The molecule has 1 aliphatic heterocycles. The number of nitrogens with two attached hydrogens (primary N) is 1. The number of rotatable bonds is 6. The maximum Gasteiger partial charge on any atom is 0.453 e. The summed E-state index contributed by atoms with van der Waals surface area (Å²) >= 11 is 11.8.